The molecule has 0 unspecified atom stereocenters. The van der Waals surface area contributed by atoms with Crippen LogP contribution in [0.4, 0.5) is 10.1 Å². The Morgan fingerprint density at radius 2 is 1.76 bits per heavy atom. The maximum absolute atomic E-state index is 14.0. The molecule has 4 rings (SSSR count). The first-order valence-electron chi connectivity index (χ1n) is 11.8. The summed E-state index contributed by atoms with van der Waals surface area (Å²) < 4.78 is 41.8. The number of nitrogens with zero attached hydrogens (tertiary/aromatic N) is 2. The molecule has 3 aromatic carbocycles. The zero-order valence-electron chi connectivity index (χ0n) is 20.4. The Bertz CT molecular complexity index is 1360. The third-order valence-electron chi connectivity index (χ3n) is 6.09. The molecular weight excluding hydrogens is 513 g/mol. The summed E-state index contributed by atoms with van der Waals surface area (Å²) in [5, 5.41) is 2.75. The summed E-state index contributed by atoms with van der Waals surface area (Å²) in [6.07, 6.45) is 3.36. The van der Waals surface area contributed by atoms with Crippen LogP contribution in [0.3, 0.4) is 0 Å². The van der Waals surface area contributed by atoms with Crippen molar-refractivity contribution >= 4 is 39.3 Å². The molecule has 3 aromatic rings. The number of sulfonamides is 1. The van der Waals surface area contributed by atoms with Crippen molar-refractivity contribution in [1.29, 1.82) is 0 Å². The monoisotopic (exact) mass is 541 g/mol. The van der Waals surface area contributed by atoms with Crippen LogP contribution < -0.4 is 9.62 Å². The fraction of sp³-hybridized carbons (Fsp3) is 0.259. The van der Waals surface area contributed by atoms with Gasteiger partial charge in [0.15, 0.2) is 0 Å². The Morgan fingerprint density at radius 3 is 2.38 bits per heavy atom. The van der Waals surface area contributed by atoms with Crippen molar-refractivity contribution in [3.05, 3.63) is 89.7 Å². The lowest BCUT2D eigenvalue weighted by Crippen LogP contribution is -2.40. The molecule has 0 bridgehead atoms. The van der Waals surface area contributed by atoms with Crippen molar-refractivity contribution in [3.63, 3.8) is 0 Å². The molecule has 0 atom stereocenters. The molecule has 1 fully saturated rings. The normalized spacial score (nSPS) is 13.6. The quantitative estimate of drug-likeness (QED) is 0.389. The van der Waals surface area contributed by atoms with Gasteiger partial charge in [-0.15, -0.1) is 11.8 Å². The van der Waals surface area contributed by atoms with Gasteiger partial charge < -0.3 is 10.2 Å². The third kappa shape index (κ3) is 6.69. The molecule has 1 heterocycles. The minimum Gasteiger partial charge on any atom is -0.350 e. The third-order valence-corrected chi connectivity index (χ3v) is 8.62. The highest BCUT2D eigenvalue weighted by Gasteiger charge is 2.27. The van der Waals surface area contributed by atoms with Crippen LogP contribution >= 0.6 is 11.8 Å². The van der Waals surface area contributed by atoms with E-state index in [9.17, 15) is 22.4 Å². The Morgan fingerprint density at radius 1 is 1.05 bits per heavy atom. The molecule has 0 aromatic heterocycles. The summed E-state index contributed by atoms with van der Waals surface area (Å²) in [4.78, 5) is 27.4. The van der Waals surface area contributed by atoms with Crippen LogP contribution in [0.25, 0.3) is 0 Å². The average molecular weight is 542 g/mol. The van der Waals surface area contributed by atoms with E-state index in [0.29, 0.717) is 13.0 Å². The van der Waals surface area contributed by atoms with Gasteiger partial charge in [0.1, 0.15) is 12.4 Å². The maximum Gasteiger partial charge on any atom is 0.264 e. The highest BCUT2D eigenvalue weighted by atomic mass is 32.2. The average Bonchev–Trinajstić information content (AvgIpc) is 3.30. The van der Waals surface area contributed by atoms with E-state index in [1.165, 1.54) is 42.1 Å². The zero-order valence-corrected chi connectivity index (χ0v) is 22.0. The first-order chi connectivity index (χ1) is 17.8. The first-order valence-corrected chi connectivity index (χ1v) is 14.5. The molecule has 1 aliphatic rings. The van der Waals surface area contributed by atoms with E-state index in [-0.39, 0.29) is 23.0 Å². The van der Waals surface area contributed by atoms with Gasteiger partial charge in [-0.2, -0.15) is 0 Å². The first kappa shape index (κ1) is 26.7. The number of hydrogen-bond donors (Lipinski definition) is 1. The zero-order chi connectivity index (χ0) is 26.4. The van der Waals surface area contributed by atoms with Crippen LogP contribution in [0.2, 0.25) is 0 Å². The topological polar surface area (TPSA) is 86.8 Å². The van der Waals surface area contributed by atoms with Crippen molar-refractivity contribution in [3.8, 4) is 0 Å². The summed E-state index contributed by atoms with van der Waals surface area (Å²) in [7, 11) is -4.13. The second-order valence-electron chi connectivity index (χ2n) is 8.68. The van der Waals surface area contributed by atoms with Gasteiger partial charge in [0.25, 0.3) is 10.0 Å². The van der Waals surface area contributed by atoms with Gasteiger partial charge in [-0.25, -0.2) is 12.8 Å². The van der Waals surface area contributed by atoms with Gasteiger partial charge in [0.05, 0.1) is 10.6 Å². The predicted octanol–water partition coefficient (Wildman–Crippen LogP) is 4.18. The summed E-state index contributed by atoms with van der Waals surface area (Å²) >= 11 is 1.48. The number of thioether (sulfide) groups is 1. The largest absolute Gasteiger partial charge is 0.350 e. The molecule has 0 radical (unpaired) electrons. The highest BCUT2D eigenvalue weighted by Crippen LogP contribution is 2.26. The lowest BCUT2D eigenvalue weighted by atomic mass is 10.1. The van der Waals surface area contributed by atoms with E-state index < -0.39 is 28.3 Å². The number of benzene rings is 3. The van der Waals surface area contributed by atoms with Crippen molar-refractivity contribution in [2.75, 3.05) is 23.7 Å². The van der Waals surface area contributed by atoms with E-state index >= 15 is 0 Å². The van der Waals surface area contributed by atoms with Crippen LogP contribution in [-0.4, -0.2) is 44.5 Å². The summed E-state index contributed by atoms with van der Waals surface area (Å²) in [6.45, 7) is 1.01. The molecule has 1 aliphatic heterocycles. The Kier molecular flexibility index (Phi) is 8.50. The van der Waals surface area contributed by atoms with Gasteiger partial charge in [-0.1, -0.05) is 30.3 Å². The van der Waals surface area contributed by atoms with Gasteiger partial charge >= 0.3 is 0 Å². The minimum absolute atomic E-state index is 0.00874. The Balaban J connectivity index is 1.45. The van der Waals surface area contributed by atoms with Gasteiger partial charge in [0.2, 0.25) is 11.8 Å². The molecule has 194 valence electrons. The second kappa shape index (κ2) is 11.8. The lowest BCUT2D eigenvalue weighted by Gasteiger charge is -2.24. The lowest BCUT2D eigenvalue weighted by molar-refractivity contribution is -0.128. The van der Waals surface area contributed by atoms with Crippen LogP contribution in [0.15, 0.2) is 82.6 Å². The predicted molar refractivity (Wildman–Crippen MR) is 142 cm³/mol. The van der Waals surface area contributed by atoms with E-state index in [2.05, 4.69) is 5.32 Å². The van der Waals surface area contributed by atoms with E-state index in [4.69, 9.17) is 0 Å². The fourth-order valence-electron chi connectivity index (χ4n) is 4.06. The number of amides is 2. The van der Waals surface area contributed by atoms with Gasteiger partial charge in [-0.05, 0) is 66.3 Å². The van der Waals surface area contributed by atoms with Crippen LogP contribution in [-0.2, 0) is 32.7 Å². The van der Waals surface area contributed by atoms with Crippen LogP contribution in [0.1, 0.15) is 24.0 Å². The van der Waals surface area contributed by atoms with Crippen LogP contribution in [0, 0.1) is 5.82 Å². The van der Waals surface area contributed by atoms with Crippen LogP contribution in [0.5, 0.6) is 0 Å². The molecule has 0 spiro atoms. The number of likely N-dealkylation sites (tertiary alicyclic amines) is 1. The molecule has 0 saturated carbocycles. The number of nitrogens with one attached hydrogen (secondary N) is 1. The number of halogens is 1. The minimum atomic E-state index is -4.13. The molecule has 10 heteroatoms. The molecular formula is C27H28FN3O4S2. The van der Waals surface area contributed by atoms with E-state index in [1.807, 2.05) is 35.4 Å². The summed E-state index contributed by atoms with van der Waals surface area (Å²) in [5.74, 6) is -0.971. The summed E-state index contributed by atoms with van der Waals surface area (Å²) in [6, 6.07) is 19.0. The molecule has 7 nitrogen and oxygen atoms in total. The standard InChI is InChI=1S/C27H28FN3O4S2/c1-36-24-11-13-25(14-12-24)37(34,35)31(23-5-2-4-22(28)16-23)19-26(32)29-17-20-7-9-21(10-8-20)18-30-15-3-6-27(30)33/h2,4-5,7-14,16H,3,6,15,17-19H2,1H3,(H,29,32). The van der Waals surface area contributed by atoms with E-state index in [0.717, 1.165) is 39.4 Å². The molecule has 2 amide bonds. The number of carbonyl (C=O) groups excluding carboxylic acids is 2. The number of hydrogen-bond acceptors (Lipinski definition) is 5. The number of rotatable bonds is 10. The van der Waals surface area contributed by atoms with Crippen molar-refractivity contribution < 1.29 is 22.4 Å². The van der Waals surface area contributed by atoms with Gasteiger partial charge in [0, 0.05) is 31.0 Å². The maximum atomic E-state index is 14.0. The van der Waals surface area contributed by atoms with Crippen molar-refractivity contribution in [1.82, 2.24) is 10.2 Å². The Labute approximate surface area is 220 Å². The summed E-state index contributed by atoms with van der Waals surface area (Å²) in [5.41, 5.74) is 1.89. The van der Waals surface area contributed by atoms with Crippen molar-refractivity contribution in [2.24, 2.45) is 0 Å². The SMILES string of the molecule is CSc1ccc(S(=O)(=O)N(CC(=O)NCc2ccc(CN3CCCC3=O)cc2)c2cccc(F)c2)cc1. The Hall–Kier alpha value is -3.37. The molecule has 0 aliphatic carbocycles. The van der Waals surface area contributed by atoms with Crippen molar-refractivity contribution in [2.45, 2.75) is 35.7 Å². The molecule has 37 heavy (non-hydrogen) atoms. The van der Waals surface area contributed by atoms with E-state index in [1.54, 1.807) is 12.1 Å². The highest BCUT2D eigenvalue weighted by molar-refractivity contribution is 7.98. The smallest absolute Gasteiger partial charge is 0.264 e. The molecule has 1 saturated heterocycles. The molecule has 1 N–H and O–H groups in total. The fourth-order valence-corrected chi connectivity index (χ4v) is 5.88. The number of carbonyl (C=O) groups is 2. The number of anilines is 1. The second-order valence-corrected chi connectivity index (χ2v) is 11.4. The van der Waals surface area contributed by atoms with Gasteiger partial charge in [-0.3, -0.25) is 13.9 Å².